The lowest BCUT2D eigenvalue weighted by molar-refractivity contribution is -0.120. The Kier molecular flexibility index (Phi) is 5.59. The van der Waals surface area contributed by atoms with Crippen molar-refractivity contribution in [2.75, 3.05) is 26.1 Å². The van der Waals surface area contributed by atoms with E-state index in [9.17, 15) is 4.79 Å². The van der Waals surface area contributed by atoms with Crippen LogP contribution in [-0.4, -0.2) is 44.9 Å². The summed E-state index contributed by atoms with van der Waals surface area (Å²) >= 11 is 0. The van der Waals surface area contributed by atoms with Gasteiger partial charge in [0.2, 0.25) is 5.91 Å². The molecule has 0 saturated heterocycles. The second-order valence-electron chi connectivity index (χ2n) is 5.19. The number of carbonyl (C=O) groups excluding carboxylic acids is 1. The van der Waals surface area contributed by atoms with E-state index < -0.39 is 0 Å². The SMILES string of the molecule is CCOC1CC(Nc2ccccc2CC(=O)NC)C1OC. The average Bonchev–Trinajstić information content (AvgIpc) is 2.48. The van der Waals surface area contributed by atoms with Gasteiger partial charge in [-0.15, -0.1) is 0 Å². The quantitative estimate of drug-likeness (QED) is 0.801. The number of hydrogen-bond donors (Lipinski definition) is 2. The monoisotopic (exact) mass is 292 g/mol. The fourth-order valence-electron chi connectivity index (χ4n) is 2.69. The van der Waals surface area contributed by atoms with Gasteiger partial charge in [0.05, 0.1) is 18.6 Å². The Morgan fingerprint density at radius 3 is 2.81 bits per heavy atom. The fourth-order valence-corrected chi connectivity index (χ4v) is 2.69. The smallest absolute Gasteiger partial charge is 0.224 e. The molecule has 1 amide bonds. The molecule has 2 rings (SSSR count). The average molecular weight is 292 g/mol. The number of likely N-dealkylation sites (N-methyl/N-ethyl adjacent to an activating group) is 1. The maximum atomic E-state index is 11.6. The van der Waals surface area contributed by atoms with E-state index in [4.69, 9.17) is 9.47 Å². The molecular formula is C16H24N2O3. The first-order valence-electron chi connectivity index (χ1n) is 7.39. The molecule has 0 aliphatic heterocycles. The molecule has 0 aromatic heterocycles. The molecule has 1 aliphatic rings. The third-order valence-corrected chi connectivity index (χ3v) is 3.89. The van der Waals surface area contributed by atoms with Crippen molar-refractivity contribution in [2.45, 2.75) is 38.0 Å². The van der Waals surface area contributed by atoms with E-state index in [0.717, 1.165) is 17.7 Å². The molecule has 3 unspecified atom stereocenters. The Bertz CT molecular complexity index is 478. The lowest BCUT2D eigenvalue weighted by Crippen LogP contribution is -2.56. The van der Waals surface area contributed by atoms with Crippen molar-refractivity contribution in [2.24, 2.45) is 0 Å². The van der Waals surface area contributed by atoms with Crippen LogP contribution in [0.4, 0.5) is 5.69 Å². The van der Waals surface area contributed by atoms with Crippen LogP contribution in [0.2, 0.25) is 0 Å². The van der Waals surface area contributed by atoms with Crippen LogP contribution in [0.5, 0.6) is 0 Å². The molecule has 2 N–H and O–H groups in total. The van der Waals surface area contributed by atoms with E-state index in [-0.39, 0.29) is 24.2 Å². The Labute approximate surface area is 126 Å². The molecule has 5 nitrogen and oxygen atoms in total. The minimum Gasteiger partial charge on any atom is -0.379 e. The summed E-state index contributed by atoms with van der Waals surface area (Å²) in [5.74, 6) is 0.00773. The maximum absolute atomic E-state index is 11.6. The molecule has 116 valence electrons. The zero-order valence-electron chi connectivity index (χ0n) is 12.9. The number of methoxy groups -OCH3 is 1. The Morgan fingerprint density at radius 1 is 1.38 bits per heavy atom. The van der Waals surface area contributed by atoms with E-state index in [1.54, 1.807) is 14.2 Å². The van der Waals surface area contributed by atoms with Crippen molar-refractivity contribution in [1.82, 2.24) is 5.32 Å². The minimum atomic E-state index is 0.00773. The third-order valence-electron chi connectivity index (χ3n) is 3.89. The van der Waals surface area contributed by atoms with Crippen LogP contribution in [0, 0.1) is 0 Å². The number of benzene rings is 1. The van der Waals surface area contributed by atoms with Gasteiger partial charge in [-0.3, -0.25) is 4.79 Å². The molecular weight excluding hydrogens is 268 g/mol. The molecule has 0 bridgehead atoms. The van der Waals surface area contributed by atoms with Gasteiger partial charge in [-0.25, -0.2) is 0 Å². The number of carbonyl (C=O) groups is 1. The van der Waals surface area contributed by atoms with Gasteiger partial charge in [0.15, 0.2) is 0 Å². The van der Waals surface area contributed by atoms with E-state index >= 15 is 0 Å². The van der Waals surface area contributed by atoms with E-state index in [1.807, 2.05) is 31.2 Å². The number of nitrogens with one attached hydrogen (secondary N) is 2. The van der Waals surface area contributed by atoms with E-state index in [1.165, 1.54) is 0 Å². The predicted octanol–water partition coefficient (Wildman–Crippen LogP) is 1.58. The van der Waals surface area contributed by atoms with Crippen molar-refractivity contribution >= 4 is 11.6 Å². The van der Waals surface area contributed by atoms with Crippen LogP contribution in [-0.2, 0) is 20.7 Å². The van der Waals surface area contributed by atoms with Crippen molar-refractivity contribution < 1.29 is 14.3 Å². The van der Waals surface area contributed by atoms with Crippen molar-refractivity contribution in [1.29, 1.82) is 0 Å². The summed E-state index contributed by atoms with van der Waals surface area (Å²) in [4.78, 5) is 11.6. The topological polar surface area (TPSA) is 59.6 Å². The molecule has 1 aliphatic carbocycles. The molecule has 1 saturated carbocycles. The number of hydrogen-bond acceptors (Lipinski definition) is 4. The van der Waals surface area contributed by atoms with Gasteiger partial charge in [-0.2, -0.15) is 0 Å². The summed E-state index contributed by atoms with van der Waals surface area (Å²) in [6, 6.07) is 8.10. The van der Waals surface area contributed by atoms with Crippen molar-refractivity contribution in [3.63, 3.8) is 0 Å². The lowest BCUT2D eigenvalue weighted by Gasteiger charge is -2.44. The summed E-state index contributed by atoms with van der Waals surface area (Å²) in [6.45, 7) is 2.69. The zero-order valence-corrected chi connectivity index (χ0v) is 12.9. The lowest BCUT2D eigenvalue weighted by atomic mass is 9.84. The van der Waals surface area contributed by atoms with Crippen LogP contribution in [0.3, 0.4) is 0 Å². The van der Waals surface area contributed by atoms with Crippen LogP contribution in [0.25, 0.3) is 0 Å². The maximum Gasteiger partial charge on any atom is 0.224 e. The number of ether oxygens (including phenoxy) is 2. The summed E-state index contributed by atoms with van der Waals surface area (Å²) < 4.78 is 11.1. The van der Waals surface area contributed by atoms with Gasteiger partial charge >= 0.3 is 0 Å². The van der Waals surface area contributed by atoms with Crippen molar-refractivity contribution in [3.8, 4) is 0 Å². The van der Waals surface area contributed by atoms with E-state index in [2.05, 4.69) is 10.6 Å². The minimum absolute atomic E-state index is 0.00773. The van der Waals surface area contributed by atoms with E-state index in [0.29, 0.717) is 13.0 Å². The van der Waals surface area contributed by atoms with Crippen molar-refractivity contribution in [3.05, 3.63) is 29.8 Å². The summed E-state index contributed by atoms with van der Waals surface area (Å²) in [6.07, 6.45) is 1.50. The molecule has 0 heterocycles. The highest BCUT2D eigenvalue weighted by Gasteiger charge is 2.42. The Morgan fingerprint density at radius 2 is 2.14 bits per heavy atom. The van der Waals surface area contributed by atoms with Crippen LogP contribution >= 0.6 is 0 Å². The highest BCUT2D eigenvalue weighted by atomic mass is 16.5. The Hall–Kier alpha value is -1.59. The molecule has 1 fully saturated rings. The molecule has 1 aromatic carbocycles. The fraction of sp³-hybridized carbons (Fsp3) is 0.562. The molecule has 0 spiro atoms. The van der Waals surface area contributed by atoms with Gasteiger partial charge in [0, 0.05) is 26.5 Å². The highest BCUT2D eigenvalue weighted by molar-refractivity contribution is 5.80. The first kappa shape index (κ1) is 15.8. The first-order chi connectivity index (χ1) is 10.2. The number of rotatable bonds is 7. The number of anilines is 1. The van der Waals surface area contributed by atoms with Gasteiger partial charge in [-0.05, 0) is 25.0 Å². The summed E-state index contributed by atoms with van der Waals surface area (Å²) in [7, 11) is 3.36. The number of para-hydroxylation sites is 1. The number of amides is 1. The van der Waals surface area contributed by atoms with Gasteiger partial charge < -0.3 is 20.1 Å². The predicted molar refractivity (Wildman–Crippen MR) is 82.5 cm³/mol. The molecule has 5 heteroatoms. The Balaban J connectivity index is 2.01. The molecule has 21 heavy (non-hydrogen) atoms. The molecule has 0 radical (unpaired) electrons. The third kappa shape index (κ3) is 3.74. The van der Waals surface area contributed by atoms with Gasteiger partial charge in [-0.1, -0.05) is 18.2 Å². The van der Waals surface area contributed by atoms with Gasteiger partial charge in [0.25, 0.3) is 0 Å². The highest BCUT2D eigenvalue weighted by Crippen LogP contribution is 2.31. The zero-order chi connectivity index (χ0) is 15.2. The summed E-state index contributed by atoms with van der Waals surface area (Å²) in [5.41, 5.74) is 1.98. The van der Waals surface area contributed by atoms with Crippen LogP contribution < -0.4 is 10.6 Å². The first-order valence-corrected chi connectivity index (χ1v) is 7.39. The van der Waals surface area contributed by atoms with Crippen LogP contribution in [0.15, 0.2) is 24.3 Å². The molecule has 3 atom stereocenters. The standard InChI is InChI=1S/C16H24N2O3/c1-4-21-14-10-13(16(14)20-3)18-12-8-6-5-7-11(12)9-15(19)17-2/h5-8,13-14,16,18H,4,9-10H2,1-3H3,(H,17,19). The van der Waals surface area contributed by atoms with Crippen LogP contribution in [0.1, 0.15) is 18.9 Å². The van der Waals surface area contributed by atoms with Gasteiger partial charge in [0.1, 0.15) is 6.10 Å². The second kappa shape index (κ2) is 7.43. The summed E-state index contributed by atoms with van der Waals surface area (Å²) in [5, 5.41) is 6.14. The normalized spacial score (nSPS) is 24.2. The second-order valence-corrected chi connectivity index (χ2v) is 5.19. The molecule has 1 aromatic rings. The largest absolute Gasteiger partial charge is 0.379 e.